The van der Waals surface area contributed by atoms with Crippen molar-refractivity contribution in [3.63, 3.8) is 0 Å². The van der Waals surface area contributed by atoms with Crippen molar-refractivity contribution in [1.82, 2.24) is 0 Å². The number of fused-ring (bicyclic) bond motifs is 2. The van der Waals surface area contributed by atoms with E-state index in [0.29, 0.717) is 0 Å². The second kappa shape index (κ2) is 5.53. The second-order valence-corrected chi connectivity index (χ2v) is 6.63. The molecule has 0 saturated carbocycles. The normalized spacial score (nSPS) is 13.1. The van der Waals surface area contributed by atoms with Crippen molar-refractivity contribution in [2.45, 2.75) is 43.4 Å². The van der Waals surface area contributed by atoms with Crippen LogP contribution in [0, 0.1) is 13.8 Å². The smallest absolute Gasteiger partial charge is 0.0553 e. The van der Waals surface area contributed by atoms with Crippen LogP contribution < -0.4 is 4.90 Å². The fourth-order valence-corrected chi connectivity index (χ4v) is 3.95. The Hall–Kier alpha value is -1.41. The van der Waals surface area contributed by atoms with E-state index in [2.05, 4.69) is 62.1 Å². The number of hydrogen-bond acceptors (Lipinski definition) is 2. The van der Waals surface area contributed by atoms with Crippen LogP contribution in [0.3, 0.4) is 0 Å². The van der Waals surface area contributed by atoms with Gasteiger partial charge >= 0.3 is 0 Å². The van der Waals surface area contributed by atoms with Crippen molar-refractivity contribution in [2.24, 2.45) is 0 Å². The zero-order valence-electron chi connectivity index (χ0n) is 12.4. The summed E-state index contributed by atoms with van der Waals surface area (Å²) in [7, 11) is 0. The number of hydrogen-bond donors (Lipinski definition) is 0. The highest BCUT2D eigenvalue weighted by atomic mass is 32.2. The van der Waals surface area contributed by atoms with E-state index in [0.717, 1.165) is 6.54 Å². The van der Waals surface area contributed by atoms with Crippen molar-refractivity contribution in [3.05, 3.63) is 47.5 Å². The average Bonchev–Trinajstić information content (AvgIpc) is 2.43. The average molecular weight is 283 g/mol. The van der Waals surface area contributed by atoms with Crippen LogP contribution in [0.4, 0.5) is 11.4 Å². The molecular weight excluding hydrogens is 262 g/mol. The van der Waals surface area contributed by atoms with Gasteiger partial charge in [-0.05, 0) is 55.7 Å². The fourth-order valence-electron chi connectivity index (χ4n) is 2.66. The predicted molar refractivity (Wildman–Crippen MR) is 88.4 cm³/mol. The predicted octanol–water partition coefficient (Wildman–Crippen LogP) is 5.71. The molecule has 0 spiro atoms. The summed E-state index contributed by atoms with van der Waals surface area (Å²) in [4.78, 5) is 5.27. The van der Waals surface area contributed by atoms with Crippen LogP contribution in [-0.4, -0.2) is 6.54 Å². The van der Waals surface area contributed by atoms with Crippen LogP contribution in [0.15, 0.2) is 46.2 Å². The number of nitrogens with zero attached hydrogens (tertiary/aromatic N) is 1. The van der Waals surface area contributed by atoms with E-state index in [1.165, 1.54) is 45.1 Å². The van der Waals surface area contributed by atoms with E-state index in [1.54, 1.807) is 0 Å². The Labute approximate surface area is 126 Å². The maximum absolute atomic E-state index is 2.49. The summed E-state index contributed by atoms with van der Waals surface area (Å²) in [5, 5.41) is 0. The molecule has 0 fully saturated rings. The molecule has 2 aromatic rings. The monoisotopic (exact) mass is 283 g/mol. The molecule has 0 radical (unpaired) electrons. The molecule has 1 aliphatic heterocycles. The van der Waals surface area contributed by atoms with Gasteiger partial charge in [-0.3, -0.25) is 0 Å². The summed E-state index contributed by atoms with van der Waals surface area (Å²) in [6.07, 6.45) is 2.46. The van der Waals surface area contributed by atoms with Crippen molar-refractivity contribution < 1.29 is 0 Å². The minimum Gasteiger partial charge on any atom is -0.340 e. The molecule has 0 N–H and O–H groups in total. The third-order valence-corrected chi connectivity index (χ3v) is 4.86. The summed E-state index contributed by atoms with van der Waals surface area (Å²) in [6, 6.07) is 13.6. The van der Waals surface area contributed by atoms with Gasteiger partial charge in [0.05, 0.1) is 11.4 Å². The summed E-state index contributed by atoms with van der Waals surface area (Å²) >= 11 is 1.91. The lowest BCUT2D eigenvalue weighted by atomic mass is 10.1. The summed E-state index contributed by atoms with van der Waals surface area (Å²) in [5.41, 5.74) is 5.40. The van der Waals surface area contributed by atoms with Gasteiger partial charge in [0.1, 0.15) is 0 Å². The summed E-state index contributed by atoms with van der Waals surface area (Å²) < 4.78 is 0. The van der Waals surface area contributed by atoms with Crippen LogP contribution >= 0.6 is 11.8 Å². The van der Waals surface area contributed by atoms with Gasteiger partial charge < -0.3 is 4.90 Å². The lowest BCUT2D eigenvalue weighted by Crippen LogP contribution is -2.21. The molecule has 0 amide bonds. The minimum absolute atomic E-state index is 1.10. The Morgan fingerprint density at radius 3 is 1.95 bits per heavy atom. The first-order valence-electron chi connectivity index (χ1n) is 7.35. The Kier molecular flexibility index (Phi) is 3.75. The molecule has 0 atom stereocenters. The topological polar surface area (TPSA) is 3.24 Å². The summed E-state index contributed by atoms with van der Waals surface area (Å²) in [6.45, 7) is 7.69. The molecule has 0 bridgehead atoms. The Bertz CT molecular complexity index is 582. The van der Waals surface area contributed by atoms with Gasteiger partial charge in [0.15, 0.2) is 0 Å². The van der Waals surface area contributed by atoms with Crippen molar-refractivity contribution in [1.29, 1.82) is 0 Å². The fraction of sp³-hybridized carbons (Fsp3) is 0.333. The maximum Gasteiger partial charge on any atom is 0.0553 e. The van der Waals surface area contributed by atoms with Crippen LogP contribution in [0.2, 0.25) is 0 Å². The lowest BCUT2D eigenvalue weighted by Gasteiger charge is -2.33. The van der Waals surface area contributed by atoms with Gasteiger partial charge in [-0.1, -0.05) is 37.2 Å². The molecule has 1 nitrogen and oxygen atoms in total. The van der Waals surface area contributed by atoms with E-state index >= 15 is 0 Å². The maximum atomic E-state index is 2.49. The third kappa shape index (κ3) is 2.45. The largest absolute Gasteiger partial charge is 0.340 e. The summed E-state index contributed by atoms with van der Waals surface area (Å²) in [5.74, 6) is 0. The third-order valence-electron chi connectivity index (χ3n) is 3.77. The highest BCUT2D eigenvalue weighted by Gasteiger charge is 2.22. The molecule has 2 heteroatoms. The Morgan fingerprint density at radius 1 is 0.900 bits per heavy atom. The van der Waals surface area contributed by atoms with Crippen molar-refractivity contribution in [3.8, 4) is 0 Å². The molecule has 2 aromatic carbocycles. The van der Waals surface area contributed by atoms with Crippen LogP contribution in [0.1, 0.15) is 30.9 Å². The van der Waals surface area contributed by atoms with Gasteiger partial charge in [0.2, 0.25) is 0 Å². The minimum atomic E-state index is 1.10. The highest BCUT2D eigenvalue weighted by molar-refractivity contribution is 7.99. The molecule has 0 aliphatic carbocycles. The highest BCUT2D eigenvalue weighted by Crippen LogP contribution is 2.48. The zero-order valence-corrected chi connectivity index (χ0v) is 13.3. The number of aryl methyl sites for hydroxylation is 2. The molecule has 1 heterocycles. The van der Waals surface area contributed by atoms with E-state index in [4.69, 9.17) is 0 Å². The van der Waals surface area contributed by atoms with Gasteiger partial charge in [-0.15, -0.1) is 0 Å². The Balaban J connectivity index is 2.08. The van der Waals surface area contributed by atoms with E-state index in [9.17, 15) is 0 Å². The number of anilines is 2. The first kappa shape index (κ1) is 13.6. The van der Waals surface area contributed by atoms with Crippen LogP contribution in [0.25, 0.3) is 0 Å². The van der Waals surface area contributed by atoms with Gasteiger partial charge in [-0.25, -0.2) is 0 Å². The first-order valence-corrected chi connectivity index (χ1v) is 8.17. The van der Waals surface area contributed by atoms with Crippen molar-refractivity contribution >= 4 is 23.1 Å². The zero-order chi connectivity index (χ0) is 14.1. The number of unbranched alkanes of at least 4 members (excludes halogenated alkanes) is 1. The lowest BCUT2D eigenvalue weighted by molar-refractivity contribution is 0.776. The quantitative estimate of drug-likeness (QED) is 0.710. The molecule has 0 aromatic heterocycles. The standard InChI is InChI=1S/C18H21NS/c1-4-5-10-19-15-8-6-13(2)11-17(15)20-18-12-14(3)7-9-16(18)19/h6-9,11-12H,4-5,10H2,1-3H3. The second-order valence-electron chi connectivity index (χ2n) is 5.55. The molecular formula is C18H21NS. The Morgan fingerprint density at radius 2 is 1.45 bits per heavy atom. The van der Waals surface area contributed by atoms with Crippen LogP contribution in [-0.2, 0) is 0 Å². The number of rotatable bonds is 3. The molecule has 1 aliphatic rings. The van der Waals surface area contributed by atoms with E-state index < -0.39 is 0 Å². The van der Waals surface area contributed by atoms with Crippen molar-refractivity contribution in [2.75, 3.05) is 11.4 Å². The molecule has 0 unspecified atom stereocenters. The first-order chi connectivity index (χ1) is 9.69. The molecule has 104 valence electrons. The molecule has 0 saturated heterocycles. The molecule has 20 heavy (non-hydrogen) atoms. The van der Waals surface area contributed by atoms with E-state index in [1.807, 2.05) is 11.8 Å². The molecule has 3 rings (SSSR count). The van der Waals surface area contributed by atoms with Gasteiger partial charge in [0.25, 0.3) is 0 Å². The SMILES string of the molecule is CCCCN1c2ccc(C)cc2Sc2cc(C)ccc21. The van der Waals surface area contributed by atoms with E-state index in [-0.39, 0.29) is 0 Å². The number of benzene rings is 2. The van der Waals surface area contributed by atoms with Crippen LogP contribution in [0.5, 0.6) is 0 Å². The van der Waals surface area contributed by atoms with Gasteiger partial charge in [-0.2, -0.15) is 0 Å². The van der Waals surface area contributed by atoms with Gasteiger partial charge in [0, 0.05) is 16.3 Å².